The van der Waals surface area contributed by atoms with E-state index in [1.807, 2.05) is 0 Å². The Labute approximate surface area is 104 Å². The van der Waals surface area contributed by atoms with Crippen molar-refractivity contribution < 1.29 is 14.3 Å². The second kappa shape index (κ2) is 5.97. The zero-order valence-corrected chi connectivity index (χ0v) is 10.6. The van der Waals surface area contributed by atoms with E-state index < -0.39 is 0 Å². The number of hydrogen-bond donors (Lipinski definition) is 1. The molecule has 5 nitrogen and oxygen atoms in total. The van der Waals surface area contributed by atoms with Gasteiger partial charge in [0.2, 0.25) is 0 Å². The van der Waals surface area contributed by atoms with Crippen LogP contribution < -0.4 is 5.32 Å². The highest BCUT2D eigenvalue weighted by Crippen LogP contribution is 2.23. The van der Waals surface area contributed by atoms with Gasteiger partial charge in [0.1, 0.15) is 5.00 Å². The van der Waals surface area contributed by atoms with Crippen LogP contribution in [0.15, 0.2) is 5.51 Å². The first-order valence-electron chi connectivity index (χ1n) is 5.64. The third-order valence-corrected chi connectivity index (χ3v) is 3.62. The number of aromatic nitrogens is 1. The van der Waals surface area contributed by atoms with Crippen molar-refractivity contribution in [2.45, 2.75) is 12.8 Å². The standard InChI is InChI=1S/C11H16N2O3S/c1-15-11(14)9-10(17-7-13-9)12-6-8-2-4-16-5-3-8/h7-8,12H,2-6H2,1H3. The molecule has 1 aliphatic rings. The highest BCUT2D eigenvalue weighted by Gasteiger charge is 2.18. The van der Waals surface area contributed by atoms with Gasteiger partial charge in [0.05, 0.1) is 12.6 Å². The first-order valence-corrected chi connectivity index (χ1v) is 6.52. The maximum absolute atomic E-state index is 11.4. The molecule has 1 aromatic rings. The van der Waals surface area contributed by atoms with Crippen LogP contribution in [-0.4, -0.2) is 37.8 Å². The van der Waals surface area contributed by atoms with Gasteiger partial charge < -0.3 is 14.8 Å². The molecule has 0 bridgehead atoms. The SMILES string of the molecule is COC(=O)c1ncsc1NCC1CCOCC1. The van der Waals surface area contributed by atoms with Crippen LogP contribution in [-0.2, 0) is 9.47 Å². The number of anilines is 1. The fourth-order valence-electron chi connectivity index (χ4n) is 1.80. The number of esters is 1. The van der Waals surface area contributed by atoms with Crippen LogP contribution in [0.2, 0.25) is 0 Å². The lowest BCUT2D eigenvalue weighted by atomic mass is 10.0. The average molecular weight is 256 g/mol. The van der Waals surface area contributed by atoms with Crippen molar-refractivity contribution in [3.05, 3.63) is 11.2 Å². The molecule has 0 unspecified atom stereocenters. The molecule has 1 fully saturated rings. The van der Waals surface area contributed by atoms with Crippen LogP contribution in [0.3, 0.4) is 0 Å². The molecule has 17 heavy (non-hydrogen) atoms. The Hall–Kier alpha value is -1.14. The smallest absolute Gasteiger partial charge is 0.359 e. The summed E-state index contributed by atoms with van der Waals surface area (Å²) in [6, 6.07) is 0. The normalized spacial score (nSPS) is 16.8. The largest absolute Gasteiger partial charge is 0.464 e. The molecule has 1 saturated heterocycles. The van der Waals surface area contributed by atoms with Crippen molar-refractivity contribution in [2.75, 3.05) is 32.2 Å². The van der Waals surface area contributed by atoms with Gasteiger partial charge in [-0.25, -0.2) is 9.78 Å². The number of ether oxygens (including phenoxy) is 2. The lowest BCUT2D eigenvalue weighted by Crippen LogP contribution is -2.23. The van der Waals surface area contributed by atoms with E-state index in [4.69, 9.17) is 4.74 Å². The monoisotopic (exact) mass is 256 g/mol. The minimum Gasteiger partial charge on any atom is -0.464 e. The second-order valence-corrected chi connectivity index (χ2v) is 4.81. The number of carbonyl (C=O) groups excluding carboxylic acids is 1. The Kier molecular flexibility index (Phi) is 4.33. The number of hydrogen-bond acceptors (Lipinski definition) is 6. The maximum atomic E-state index is 11.4. The van der Waals surface area contributed by atoms with Crippen LogP contribution in [0, 0.1) is 5.92 Å². The number of nitrogens with one attached hydrogen (secondary N) is 1. The van der Waals surface area contributed by atoms with Crippen molar-refractivity contribution >= 4 is 22.3 Å². The molecular formula is C11H16N2O3S. The summed E-state index contributed by atoms with van der Waals surface area (Å²) in [5.41, 5.74) is 2.03. The summed E-state index contributed by atoms with van der Waals surface area (Å²) in [5.74, 6) is 0.220. The zero-order chi connectivity index (χ0) is 12.1. The van der Waals surface area contributed by atoms with E-state index in [0.717, 1.165) is 37.6 Å². The molecule has 0 aliphatic carbocycles. The summed E-state index contributed by atoms with van der Waals surface area (Å²) in [7, 11) is 1.37. The fourth-order valence-corrected chi connectivity index (χ4v) is 2.48. The van der Waals surface area contributed by atoms with Crippen LogP contribution in [0.4, 0.5) is 5.00 Å². The number of methoxy groups -OCH3 is 1. The summed E-state index contributed by atoms with van der Waals surface area (Å²) in [4.78, 5) is 15.4. The van der Waals surface area contributed by atoms with Crippen molar-refractivity contribution in [1.82, 2.24) is 4.98 Å². The van der Waals surface area contributed by atoms with Crippen molar-refractivity contribution in [1.29, 1.82) is 0 Å². The molecule has 0 aromatic carbocycles. The summed E-state index contributed by atoms with van der Waals surface area (Å²) >= 11 is 1.43. The fraction of sp³-hybridized carbons (Fsp3) is 0.636. The topological polar surface area (TPSA) is 60.5 Å². The second-order valence-electron chi connectivity index (χ2n) is 3.96. The number of thiazole rings is 1. The highest BCUT2D eigenvalue weighted by atomic mass is 32.1. The van der Waals surface area contributed by atoms with Crippen molar-refractivity contribution in [3.63, 3.8) is 0 Å². The van der Waals surface area contributed by atoms with Gasteiger partial charge in [0, 0.05) is 19.8 Å². The number of rotatable bonds is 4. The van der Waals surface area contributed by atoms with E-state index in [0.29, 0.717) is 11.6 Å². The van der Waals surface area contributed by atoms with Crippen molar-refractivity contribution in [3.8, 4) is 0 Å². The van der Waals surface area contributed by atoms with E-state index in [9.17, 15) is 4.79 Å². The molecule has 0 amide bonds. The van der Waals surface area contributed by atoms with Crippen LogP contribution >= 0.6 is 11.3 Å². The van der Waals surface area contributed by atoms with Gasteiger partial charge in [0.15, 0.2) is 5.69 Å². The predicted octanol–water partition coefficient (Wildman–Crippen LogP) is 1.77. The Morgan fingerprint density at radius 1 is 1.65 bits per heavy atom. The van der Waals surface area contributed by atoms with E-state index in [1.165, 1.54) is 18.4 Å². The van der Waals surface area contributed by atoms with Gasteiger partial charge in [-0.3, -0.25) is 0 Å². The zero-order valence-electron chi connectivity index (χ0n) is 9.77. The lowest BCUT2D eigenvalue weighted by molar-refractivity contribution is 0.0595. The lowest BCUT2D eigenvalue weighted by Gasteiger charge is -2.22. The highest BCUT2D eigenvalue weighted by molar-refractivity contribution is 7.14. The Morgan fingerprint density at radius 3 is 3.12 bits per heavy atom. The summed E-state index contributed by atoms with van der Waals surface area (Å²) < 4.78 is 9.98. The predicted molar refractivity (Wildman–Crippen MR) is 65.5 cm³/mol. The first kappa shape index (κ1) is 12.3. The van der Waals surface area contributed by atoms with Gasteiger partial charge in [-0.05, 0) is 18.8 Å². The Balaban J connectivity index is 1.89. The van der Waals surface area contributed by atoms with E-state index in [1.54, 1.807) is 5.51 Å². The van der Waals surface area contributed by atoms with E-state index in [-0.39, 0.29) is 5.97 Å². The van der Waals surface area contributed by atoms with E-state index >= 15 is 0 Å². The molecule has 1 aromatic heterocycles. The minimum absolute atomic E-state index is 0.379. The van der Waals surface area contributed by atoms with Crippen LogP contribution in [0.25, 0.3) is 0 Å². The van der Waals surface area contributed by atoms with Crippen molar-refractivity contribution in [2.24, 2.45) is 5.92 Å². The average Bonchev–Trinajstić information content (AvgIpc) is 2.85. The Bertz CT molecular complexity index is 375. The number of nitrogens with zero attached hydrogens (tertiary/aromatic N) is 1. The van der Waals surface area contributed by atoms with Gasteiger partial charge >= 0.3 is 5.97 Å². The minimum atomic E-state index is -0.388. The number of carbonyl (C=O) groups is 1. The summed E-state index contributed by atoms with van der Waals surface area (Å²) in [5, 5.41) is 4.07. The third kappa shape index (κ3) is 3.17. The van der Waals surface area contributed by atoms with Crippen LogP contribution in [0.5, 0.6) is 0 Å². The Morgan fingerprint density at radius 2 is 2.41 bits per heavy atom. The molecule has 6 heteroatoms. The molecule has 1 aliphatic heterocycles. The van der Waals surface area contributed by atoms with Crippen LogP contribution in [0.1, 0.15) is 23.3 Å². The van der Waals surface area contributed by atoms with Gasteiger partial charge in [-0.1, -0.05) is 0 Å². The molecule has 94 valence electrons. The van der Waals surface area contributed by atoms with Gasteiger partial charge in [0.25, 0.3) is 0 Å². The molecule has 0 saturated carbocycles. The summed E-state index contributed by atoms with van der Waals surface area (Å²) in [6.07, 6.45) is 2.14. The first-order chi connectivity index (χ1) is 8.31. The molecule has 0 atom stereocenters. The molecule has 0 radical (unpaired) electrons. The molecule has 2 rings (SSSR count). The third-order valence-electron chi connectivity index (χ3n) is 2.84. The van der Waals surface area contributed by atoms with E-state index in [2.05, 4.69) is 15.0 Å². The van der Waals surface area contributed by atoms with Gasteiger partial charge in [-0.2, -0.15) is 0 Å². The molecule has 1 N–H and O–H groups in total. The maximum Gasteiger partial charge on any atom is 0.359 e. The quantitative estimate of drug-likeness (QED) is 0.832. The van der Waals surface area contributed by atoms with Gasteiger partial charge in [-0.15, -0.1) is 11.3 Å². The summed E-state index contributed by atoms with van der Waals surface area (Å²) in [6.45, 7) is 2.52. The molecule has 2 heterocycles. The molecule has 0 spiro atoms. The molecular weight excluding hydrogens is 240 g/mol.